The van der Waals surface area contributed by atoms with Crippen molar-refractivity contribution in [2.75, 3.05) is 0 Å². The quantitative estimate of drug-likeness (QED) is 0.415. The monoisotopic (exact) mass is 202 g/mol. The average molecular weight is 202 g/mol. The second-order valence-electron chi connectivity index (χ2n) is 2.90. The number of benzene rings is 1. The Hall–Kier alpha value is -1.78. The van der Waals surface area contributed by atoms with Gasteiger partial charge in [-0.3, -0.25) is 9.79 Å². The zero-order chi connectivity index (χ0) is 11.3. The lowest BCUT2D eigenvalue weighted by molar-refractivity contribution is -0.215. The van der Waals surface area contributed by atoms with Crippen LogP contribution in [0, 0.1) is 0 Å². The second-order valence-corrected chi connectivity index (χ2v) is 2.90. The summed E-state index contributed by atoms with van der Waals surface area (Å²) >= 11 is 0. The highest BCUT2D eigenvalue weighted by Crippen LogP contribution is 2.13. The number of ether oxygens (including phenoxy) is 1. The van der Waals surface area contributed by atoms with Crippen LogP contribution in [0.25, 0.3) is 0 Å². The van der Waals surface area contributed by atoms with Crippen molar-refractivity contribution in [3.63, 3.8) is 0 Å². The van der Waals surface area contributed by atoms with Gasteiger partial charge in [0.15, 0.2) is 0 Å². The Morgan fingerprint density at radius 3 is 2.53 bits per heavy atom. The van der Waals surface area contributed by atoms with E-state index in [2.05, 4.69) is 9.73 Å². The zero-order valence-electron chi connectivity index (χ0n) is 8.27. The van der Waals surface area contributed by atoms with Gasteiger partial charge in [-0.25, -0.2) is 0 Å². The third-order valence-electron chi connectivity index (χ3n) is 1.60. The van der Waals surface area contributed by atoms with Crippen molar-refractivity contribution in [2.45, 2.75) is 13.5 Å². The largest absolute Gasteiger partial charge is 0.862 e. The molecule has 0 aromatic heterocycles. The highest BCUT2D eigenvalue weighted by atomic mass is 16.5. The van der Waals surface area contributed by atoms with Crippen LogP contribution in [0.5, 0.6) is 0 Å². The van der Waals surface area contributed by atoms with Crippen molar-refractivity contribution in [3.05, 3.63) is 29.8 Å². The fraction of sp³-hybridized carbons (Fsp3) is 0.200. The molecule has 4 nitrogen and oxygen atoms in total. The summed E-state index contributed by atoms with van der Waals surface area (Å²) in [6, 6.07) is 6.76. The first-order valence-electron chi connectivity index (χ1n) is 4.31. The average Bonchev–Trinajstić information content (AvgIpc) is 2.16. The molecule has 0 atom stereocenters. The van der Waals surface area contributed by atoms with Crippen molar-refractivity contribution >= 4 is 25.3 Å². The highest BCUT2D eigenvalue weighted by Gasteiger charge is 1.95. The van der Waals surface area contributed by atoms with Crippen LogP contribution in [0.4, 0.5) is 10.5 Å². The number of carbonyl (C=O) groups is 1. The van der Waals surface area contributed by atoms with Gasteiger partial charge >= 0.3 is 0 Å². The summed E-state index contributed by atoms with van der Waals surface area (Å²) in [4.78, 5) is 14.0. The summed E-state index contributed by atoms with van der Waals surface area (Å²) in [5.74, 6) is -1.07. The molecule has 5 heteroatoms. The summed E-state index contributed by atoms with van der Waals surface area (Å²) < 4.78 is 4.59. The van der Waals surface area contributed by atoms with Gasteiger partial charge in [-0.1, -0.05) is 12.1 Å². The SMILES string of the molecule is [B]C(=O)OCc1ccc(N=C(C)[O-])cc1. The van der Waals surface area contributed by atoms with Gasteiger partial charge in [0.05, 0.1) is 5.69 Å². The first kappa shape index (κ1) is 11.3. The molecule has 0 bridgehead atoms. The fourth-order valence-electron chi connectivity index (χ4n) is 1.00. The topological polar surface area (TPSA) is 61.7 Å². The third kappa shape index (κ3) is 4.31. The number of nitrogens with zero attached hydrogens (tertiary/aromatic N) is 1. The Bertz CT molecular complexity index is 369. The minimum absolute atomic E-state index is 0.121. The van der Waals surface area contributed by atoms with E-state index in [1.807, 2.05) is 0 Å². The summed E-state index contributed by atoms with van der Waals surface area (Å²) in [5, 5.41) is 10.7. The first-order valence-corrected chi connectivity index (χ1v) is 4.31. The summed E-state index contributed by atoms with van der Waals surface area (Å²) in [7, 11) is 4.81. The van der Waals surface area contributed by atoms with E-state index in [1.165, 1.54) is 6.92 Å². The molecular formula is C10H9BNO3-. The highest BCUT2D eigenvalue weighted by molar-refractivity contribution is 6.55. The third-order valence-corrected chi connectivity index (χ3v) is 1.60. The second kappa shape index (κ2) is 5.19. The van der Waals surface area contributed by atoms with Gasteiger partial charge in [-0.2, -0.15) is 0 Å². The van der Waals surface area contributed by atoms with Gasteiger partial charge in [-0.15, -0.1) is 0 Å². The van der Waals surface area contributed by atoms with Gasteiger partial charge in [0.25, 0.3) is 0 Å². The van der Waals surface area contributed by atoms with Crippen LogP contribution in [0.2, 0.25) is 0 Å². The Morgan fingerprint density at radius 2 is 2.07 bits per heavy atom. The molecule has 0 aliphatic carbocycles. The van der Waals surface area contributed by atoms with E-state index in [0.29, 0.717) is 5.69 Å². The summed E-state index contributed by atoms with van der Waals surface area (Å²) in [5.41, 5.74) is 1.36. The van der Waals surface area contributed by atoms with Crippen LogP contribution in [0.15, 0.2) is 29.3 Å². The number of hydrogen-bond acceptors (Lipinski definition) is 4. The molecule has 0 N–H and O–H groups in total. The smallest absolute Gasteiger partial charge is 0.236 e. The van der Waals surface area contributed by atoms with Crippen molar-refractivity contribution in [1.29, 1.82) is 0 Å². The molecule has 0 aliphatic heterocycles. The lowest BCUT2D eigenvalue weighted by Crippen LogP contribution is -2.10. The standard InChI is InChI=1S/C10H10BNO3/c1-7(13)12-9-4-2-8(3-5-9)6-15-10(11)14/h2-5H,6H2,1H3,(H,12,13)/p-1. The lowest BCUT2D eigenvalue weighted by atomic mass is 10.2. The van der Waals surface area contributed by atoms with Crippen LogP contribution in [0.3, 0.4) is 0 Å². The molecule has 0 saturated carbocycles. The predicted octanol–water partition coefficient (Wildman–Crippen LogP) is 0.902. The minimum atomic E-state index is -0.812. The van der Waals surface area contributed by atoms with Crippen molar-refractivity contribution in [2.24, 2.45) is 4.99 Å². The minimum Gasteiger partial charge on any atom is -0.862 e. The molecule has 0 aliphatic rings. The van der Waals surface area contributed by atoms with E-state index in [9.17, 15) is 9.90 Å². The summed E-state index contributed by atoms with van der Waals surface area (Å²) in [6.45, 7) is 1.50. The van der Waals surface area contributed by atoms with Gasteiger partial charge in [0, 0.05) is 0 Å². The number of rotatable bonds is 3. The van der Waals surface area contributed by atoms with Crippen molar-refractivity contribution in [3.8, 4) is 0 Å². The number of hydrogen-bond donors (Lipinski definition) is 0. The molecule has 0 heterocycles. The molecular weight excluding hydrogens is 193 g/mol. The van der Waals surface area contributed by atoms with E-state index < -0.39 is 5.87 Å². The molecule has 0 spiro atoms. The Balaban J connectivity index is 2.64. The van der Waals surface area contributed by atoms with E-state index in [-0.39, 0.29) is 12.5 Å². The van der Waals surface area contributed by atoms with Crippen LogP contribution in [0.1, 0.15) is 12.5 Å². The molecule has 0 saturated heterocycles. The van der Waals surface area contributed by atoms with E-state index >= 15 is 0 Å². The predicted molar refractivity (Wildman–Crippen MR) is 55.2 cm³/mol. The van der Waals surface area contributed by atoms with Crippen molar-refractivity contribution < 1.29 is 14.6 Å². The molecule has 1 rings (SSSR count). The van der Waals surface area contributed by atoms with Gasteiger partial charge in [0.2, 0.25) is 13.7 Å². The molecule has 0 fully saturated rings. The first-order chi connectivity index (χ1) is 7.08. The van der Waals surface area contributed by atoms with Crippen LogP contribution in [-0.2, 0) is 11.3 Å². The molecule has 0 unspecified atom stereocenters. The van der Waals surface area contributed by atoms with E-state index in [1.54, 1.807) is 24.3 Å². The van der Waals surface area contributed by atoms with Gasteiger partial charge in [0.1, 0.15) is 6.61 Å². The Morgan fingerprint density at radius 1 is 1.47 bits per heavy atom. The zero-order valence-corrected chi connectivity index (χ0v) is 8.27. The molecule has 1 aromatic carbocycles. The van der Waals surface area contributed by atoms with Crippen LogP contribution in [-0.4, -0.2) is 19.6 Å². The normalized spacial score (nSPS) is 11.1. The van der Waals surface area contributed by atoms with Crippen LogP contribution < -0.4 is 5.11 Å². The molecule has 0 amide bonds. The van der Waals surface area contributed by atoms with Crippen LogP contribution >= 0.6 is 0 Å². The fourth-order valence-corrected chi connectivity index (χ4v) is 1.00. The van der Waals surface area contributed by atoms with E-state index in [4.69, 9.17) is 7.85 Å². The van der Waals surface area contributed by atoms with Crippen molar-refractivity contribution in [1.82, 2.24) is 0 Å². The Kier molecular flexibility index (Phi) is 3.91. The maximum absolute atomic E-state index is 10.7. The number of carbonyl (C=O) groups excluding carboxylic acids is 1. The van der Waals surface area contributed by atoms with Gasteiger partial charge in [-0.05, 0) is 30.5 Å². The Labute approximate surface area is 89.0 Å². The molecule has 1 aromatic rings. The summed E-state index contributed by atoms with van der Waals surface area (Å²) in [6.07, 6.45) is 0. The molecule has 2 radical (unpaired) electrons. The molecule has 15 heavy (non-hydrogen) atoms. The number of aliphatic imine (C=N–C) groups is 1. The maximum atomic E-state index is 10.7. The molecule has 76 valence electrons. The maximum Gasteiger partial charge on any atom is 0.236 e. The van der Waals surface area contributed by atoms with Gasteiger partial charge < -0.3 is 9.84 Å². The van der Waals surface area contributed by atoms with E-state index in [0.717, 1.165) is 5.56 Å². The lowest BCUT2D eigenvalue weighted by Gasteiger charge is -2.04.